The number of aromatic amines is 1. The van der Waals surface area contributed by atoms with Gasteiger partial charge in [-0.1, -0.05) is 17.7 Å². The second kappa shape index (κ2) is 6.95. The van der Waals surface area contributed by atoms with Gasteiger partial charge in [-0.15, -0.1) is 0 Å². The molecule has 0 spiro atoms. The van der Waals surface area contributed by atoms with Crippen LogP contribution >= 0.6 is 11.6 Å². The Morgan fingerprint density at radius 2 is 2.08 bits per heavy atom. The molecule has 3 rings (SSSR count). The van der Waals surface area contributed by atoms with Gasteiger partial charge in [-0.2, -0.15) is 10.4 Å². The van der Waals surface area contributed by atoms with E-state index in [4.69, 9.17) is 11.6 Å². The first-order valence-corrected chi connectivity index (χ1v) is 7.51. The highest BCUT2D eigenvalue weighted by Gasteiger charge is 2.12. The van der Waals surface area contributed by atoms with Gasteiger partial charge in [-0.25, -0.2) is 4.99 Å². The molecule has 8 heteroatoms. The fourth-order valence-corrected chi connectivity index (χ4v) is 2.30. The summed E-state index contributed by atoms with van der Waals surface area (Å²) >= 11 is 5.93. The third-order valence-electron chi connectivity index (χ3n) is 3.29. The molecule has 124 valence electrons. The van der Waals surface area contributed by atoms with E-state index in [1.165, 1.54) is 24.4 Å². The smallest absolute Gasteiger partial charge is 0.172 e. The summed E-state index contributed by atoms with van der Waals surface area (Å²) in [5.74, 6) is 0.469. The molecule has 0 aliphatic rings. The highest BCUT2D eigenvalue weighted by atomic mass is 35.5. The number of phenols is 2. The van der Waals surface area contributed by atoms with Crippen LogP contribution in [0.1, 0.15) is 11.1 Å². The molecule has 4 N–H and O–H groups in total. The number of nitrogens with one attached hydrogen (secondary N) is 2. The van der Waals surface area contributed by atoms with Gasteiger partial charge in [-0.05, 0) is 36.4 Å². The number of rotatable bonds is 4. The fourth-order valence-electron chi connectivity index (χ4n) is 2.10. The molecule has 0 saturated carbocycles. The second-order valence-corrected chi connectivity index (χ2v) is 5.48. The van der Waals surface area contributed by atoms with Crippen molar-refractivity contribution in [1.29, 1.82) is 5.26 Å². The summed E-state index contributed by atoms with van der Waals surface area (Å²) < 4.78 is 0. The molecule has 2 aromatic carbocycles. The van der Waals surface area contributed by atoms with Crippen LogP contribution in [0.15, 0.2) is 47.5 Å². The normalized spacial score (nSPS) is 10.7. The van der Waals surface area contributed by atoms with E-state index in [-0.39, 0.29) is 22.9 Å². The molecule has 1 aromatic heterocycles. The van der Waals surface area contributed by atoms with Gasteiger partial charge in [0.25, 0.3) is 0 Å². The maximum absolute atomic E-state index is 9.75. The number of hydrogen-bond donors (Lipinski definition) is 4. The zero-order valence-corrected chi connectivity index (χ0v) is 13.5. The van der Waals surface area contributed by atoms with Crippen LogP contribution in [0.25, 0.3) is 0 Å². The monoisotopic (exact) mass is 353 g/mol. The van der Waals surface area contributed by atoms with Crippen molar-refractivity contribution in [2.75, 3.05) is 5.32 Å². The summed E-state index contributed by atoms with van der Waals surface area (Å²) in [6.07, 6.45) is 1.33. The lowest BCUT2D eigenvalue weighted by atomic mass is 10.2. The third-order valence-corrected chi connectivity index (χ3v) is 3.53. The van der Waals surface area contributed by atoms with Crippen molar-refractivity contribution in [3.05, 3.63) is 58.6 Å². The number of H-pyrrole nitrogens is 1. The van der Waals surface area contributed by atoms with Gasteiger partial charge in [0, 0.05) is 22.5 Å². The number of hydrogen-bond acceptors (Lipinski definition) is 6. The Morgan fingerprint density at radius 1 is 1.24 bits per heavy atom. The van der Waals surface area contributed by atoms with E-state index >= 15 is 0 Å². The van der Waals surface area contributed by atoms with E-state index in [0.29, 0.717) is 22.1 Å². The summed E-state index contributed by atoms with van der Waals surface area (Å²) in [5.41, 5.74) is 1.19. The van der Waals surface area contributed by atoms with Crippen molar-refractivity contribution < 1.29 is 10.2 Å². The van der Waals surface area contributed by atoms with E-state index < -0.39 is 0 Å². The van der Waals surface area contributed by atoms with Gasteiger partial charge in [-0.3, -0.25) is 5.10 Å². The molecule has 0 aliphatic heterocycles. The minimum atomic E-state index is -0.0446. The zero-order chi connectivity index (χ0) is 17.8. The first kappa shape index (κ1) is 16.4. The van der Waals surface area contributed by atoms with Gasteiger partial charge in [0.1, 0.15) is 23.1 Å². The Morgan fingerprint density at radius 3 is 2.84 bits per heavy atom. The summed E-state index contributed by atoms with van der Waals surface area (Å²) in [6, 6.07) is 13.1. The topological polar surface area (TPSA) is 117 Å². The SMILES string of the molecule is N#Cc1c(Nc2cccc(Cl)c2)n[nH]c1/N=C/c1cc(O)ccc1O. The van der Waals surface area contributed by atoms with E-state index in [0.717, 1.165) is 0 Å². The molecule has 0 amide bonds. The van der Waals surface area contributed by atoms with Gasteiger partial charge in [0.2, 0.25) is 0 Å². The van der Waals surface area contributed by atoms with Crippen molar-refractivity contribution >= 4 is 35.1 Å². The standard InChI is InChI=1S/C17H12ClN5O2/c18-11-2-1-3-12(7-11)21-17-14(8-19)16(22-23-17)20-9-10-6-13(24)4-5-15(10)25/h1-7,9,24-25H,(H2,21,22,23)/b20-9+. The lowest BCUT2D eigenvalue weighted by Gasteiger charge is -2.03. The van der Waals surface area contributed by atoms with Gasteiger partial charge in [0.05, 0.1) is 0 Å². The van der Waals surface area contributed by atoms with Crippen LogP contribution in [-0.2, 0) is 0 Å². The number of nitriles is 1. The maximum atomic E-state index is 9.75. The van der Waals surface area contributed by atoms with Gasteiger partial charge in [0.15, 0.2) is 11.6 Å². The molecule has 1 heterocycles. The van der Waals surface area contributed by atoms with Gasteiger partial charge < -0.3 is 15.5 Å². The van der Waals surface area contributed by atoms with E-state index in [9.17, 15) is 15.5 Å². The average molecular weight is 354 g/mol. The lowest BCUT2D eigenvalue weighted by Crippen LogP contribution is -1.92. The van der Waals surface area contributed by atoms with Crippen LogP contribution in [0.3, 0.4) is 0 Å². The lowest BCUT2D eigenvalue weighted by molar-refractivity contribution is 0.459. The molecule has 0 saturated heterocycles. The minimum Gasteiger partial charge on any atom is -0.508 e. The summed E-state index contributed by atoms with van der Waals surface area (Å²) in [6.45, 7) is 0. The molecular weight excluding hydrogens is 342 g/mol. The minimum absolute atomic E-state index is 0.00678. The summed E-state index contributed by atoms with van der Waals surface area (Å²) in [7, 11) is 0. The van der Waals surface area contributed by atoms with Crippen LogP contribution in [0.4, 0.5) is 17.3 Å². The molecule has 0 radical (unpaired) electrons. The van der Waals surface area contributed by atoms with Crippen molar-refractivity contribution in [2.45, 2.75) is 0 Å². The molecule has 0 aliphatic carbocycles. The number of nitrogens with zero attached hydrogens (tertiary/aromatic N) is 3. The van der Waals surface area contributed by atoms with Crippen molar-refractivity contribution in [2.24, 2.45) is 4.99 Å². The van der Waals surface area contributed by atoms with E-state index in [1.54, 1.807) is 24.3 Å². The van der Waals surface area contributed by atoms with Crippen molar-refractivity contribution in [3.8, 4) is 17.6 Å². The summed E-state index contributed by atoms with van der Waals surface area (Å²) in [4.78, 5) is 4.13. The Hall–Kier alpha value is -3.50. The zero-order valence-electron chi connectivity index (χ0n) is 12.7. The number of phenolic OH excluding ortho intramolecular Hbond substituents is 2. The Kier molecular flexibility index (Phi) is 4.55. The average Bonchev–Trinajstić information content (AvgIpc) is 2.97. The number of benzene rings is 2. The molecule has 0 fully saturated rings. The Balaban J connectivity index is 1.88. The molecule has 7 nitrogen and oxygen atoms in total. The van der Waals surface area contributed by atoms with Crippen LogP contribution in [0, 0.1) is 11.3 Å². The quantitative estimate of drug-likeness (QED) is 0.420. The largest absolute Gasteiger partial charge is 0.508 e. The Bertz CT molecular complexity index is 991. The van der Waals surface area contributed by atoms with Gasteiger partial charge >= 0.3 is 0 Å². The molecule has 0 bridgehead atoms. The number of aliphatic imine (C=N–C) groups is 1. The van der Waals surface area contributed by atoms with Crippen LogP contribution in [0.5, 0.6) is 11.5 Å². The van der Waals surface area contributed by atoms with Crippen LogP contribution in [0.2, 0.25) is 5.02 Å². The summed E-state index contributed by atoms with van der Waals surface area (Å²) in [5, 5.41) is 38.8. The predicted molar refractivity (Wildman–Crippen MR) is 95.1 cm³/mol. The molecule has 25 heavy (non-hydrogen) atoms. The third kappa shape index (κ3) is 3.71. The van der Waals surface area contributed by atoms with Crippen LogP contribution < -0.4 is 5.32 Å². The van der Waals surface area contributed by atoms with E-state index in [1.807, 2.05) is 6.07 Å². The number of halogens is 1. The highest BCUT2D eigenvalue weighted by molar-refractivity contribution is 6.30. The first-order valence-electron chi connectivity index (χ1n) is 7.14. The molecular formula is C17H12ClN5O2. The molecule has 3 aromatic rings. The predicted octanol–water partition coefficient (Wildman–Crippen LogP) is 3.84. The second-order valence-electron chi connectivity index (χ2n) is 5.04. The highest BCUT2D eigenvalue weighted by Crippen LogP contribution is 2.27. The van der Waals surface area contributed by atoms with Crippen molar-refractivity contribution in [3.63, 3.8) is 0 Å². The Labute approximate surface area is 147 Å². The molecule has 0 unspecified atom stereocenters. The van der Waals surface area contributed by atoms with Crippen LogP contribution in [-0.4, -0.2) is 26.6 Å². The fraction of sp³-hybridized carbons (Fsp3) is 0. The molecule has 0 atom stereocenters. The number of aromatic hydroxyl groups is 2. The maximum Gasteiger partial charge on any atom is 0.172 e. The number of aromatic nitrogens is 2. The van der Waals surface area contributed by atoms with Crippen molar-refractivity contribution in [1.82, 2.24) is 10.2 Å². The van der Waals surface area contributed by atoms with E-state index in [2.05, 4.69) is 20.5 Å². The number of anilines is 2. The first-order chi connectivity index (χ1) is 12.1.